The summed E-state index contributed by atoms with van der Waals surface area (Å²) in [6.45, 7) is 7.20. The summed E-state index contributed by atoms with van der Waals surface area (Å²) in [6.07, 6.45) is 7.00. The molecule has 1 saturated heterocycles. The Morgan fingerprint density at radius 3 is 2.43 bits per heavy atom. The summed E-state index contributed by atoms with van der Waals surface area (Å²) in [5, 5.41) is 15.0. The van der Waals surface area contributed by atoms with Gasteiger partial charge in [0.25, 0.3) is 5.91 Å². The smallest absolute Gasteiger partial charge is 0.325 e. The number of halogens is 3. The Labute approximate surface area is 290 Å². The van der Waals surface area contributed by atoms with Crippen molar-refractivity contribution >= 4 is 75.5 Å². The lowest BCUT2D eigenvalue weighted by atomic mass is 9.99. The highest BCUT2D eigenvalue weighted by molar-refractivity contribution is 6.67. The van der Waals surface area contributed by atoms with Crippen molar-refractivity contribution < 1.29 is 29.0 Å². The maximum atomic E-state index is 13.4. The number of esters is 1. The summed E-state index contributed by atoms with van der Waals surface area (Å²) in [7, 11) is 1.00. The second-order valence-electron chi connectivity index (χ2n) is 12.1. The van der Waals surface area contributed by atoms with Crippen LogP contribution < -0.4 is 16.1 Å². The molecule has 2 heterocycles. The number of carbonyl (C=O) groups excluding carboxylic acids is 4. The molecule has 2 aliphatic rings. The van der Waals surface area contributed by atoms with Crippen molar-refractivity contribution in [3.63, 3.8) is 0 Å². The minimum Gasteiger partial charge on any atom is -0.460 e. The summed E-state index contributed by atoms with van der Waals surface area (Å²) in [5.41, 5.74) is 5.02. The first-order valence-corrected chi connectivity index (χ1v) is 16.8. The van der Waals surface area contributed by atoms with Crippen molar-refractivity contribution in [1.82, 2.24) is 26.1 Å². The summed E-state index contributed by atoms with van der Waals surface area (Å²) < 4.78 is 3.30. The fourth-order valence-corrected chi connectivity index (χ4v) is 5.29. The molecule has 3 atom stereocenters. The Morgan fingerprint density at radius 2 is 1.81 bits per heavy atom. The van der Waals surface area contributed by atoms with Crippen LogP contribution in [-0.2, 0) is 30.3 Å². The number of amides is 3. The molecule has 4 rings (SSSR count). The van der Waals surface area contributed by atoms with Crippen molar-refractivity contribution in [2.24, 2.45) is 11.3 Å². The Balaban J connectivity index is 0.00000294. The van der Waals surface area contributed by atoms with Gasteiger partial charge in [0, 0.05) is 24.7 Å². The average molecular weight is 713 g/mol. The van der Waals surface area contributed by atoms with Gasteiger partial charge in [-0.15, -0.1) is 0 Å². The fraction of sp³-hybridized carbons (Fsp3) is 0.545. The summed E-state index contributed by atoms with van der Waals surface area (Å²) in [5.74, 6) is -2.02. The molecule has 1 aromatic heterocycles. The molecule has 1 saturated carbocycles. The van der Waals surface area contributed by atoms with Gasteiger partial charge in [0.1, 0.15) is 24.7 Å². The molecule has 0 radical (unpaired) electrons. The van der Waals surface area contributed by atoms with Gasteiger partial charge in [0.15, 0.2) is 0 Å². The monoisotopic (exact) mass is 711 g/mol. The van der Waals surface area contributed by atoms with Crippen molar-refractivity contribution in [3.8, 4) is 0 Å². The van der Waals surface area contributed by atoms with Gasteiger partial charge in [-0.3, -0.25) is 29.2 Å². The maximum absolute atomic E-state index is 13.4. The third kappa shape index (κ3) is 10.8. The van der Waals surface area contributed by atoms with Crippen LogP contribution in [0.2, 0.25) is 0 Å². The van der Waals surface area contributed by atoms with E-state index >= 15 is 0 Å². The molecule has 1 aliphatic carbocycles. The lowest BCUT2D eigenvalue weighted by molar-refractivity contribution is -0.152. The highest BCUT2D eigenvalue weighted by Gasteiger charge is 2.48. The first kappa shape index (κ1) is 38.5. The first-order chi connectivity index (χ1) is 22.2. The van der Waals surface area contributed by atoms with Gasteiger partial charge in [-0.05, 0) is 62.6 Å². The largest absolute Gasteiger partial charge is 0.460 e. The number of nitrogens with one attached hydrogen (secondary N) is 3. The molecule has 3 unspecified atom stereocenters. The van der Waals surface area contributed by atoms with E-state index in [2.05, 4.69) is 29.0 Å². The summed E-state index contributed by atoms with van der Waals surface area (Å²) in [4.78, 5) is 57.0. The molecule has 47 heavy (non-hydrogen) atoms. The zero-order chi connectivity index (χ0) is 34.9. The number of alkyl halides is 3. The first-order valence-electron chi connectivity index (χ1n) is 15.7. The molecule has 258 valence electrons. The number of benzene rings is 1. The van der Waals surface area contributed by atoms with Gasteiger partial charge >= 0.3 is 5.97 Å². The van der Waals surface area contributed by atoms with Crippen molar-refractivity contribution in [3.05, 3.63) is 47.7 Å². The average Bonchev–Trinajstić information content (AvgIpc) is 3.86. The predicted octanol–water partition coefficient (Wildman–Crippen LogP) is 4.25. The van der Waals surface area contributed by atoms with Crippen LogP contribution in [0.25, 0.3) is 17.0 Å². The summed E-state index contributed by atoms with van der Waals surface area (Å²) >= 11 is 17.0. The van der Waals surface area contributed by atoms with E-state index in [-0.39, 0.29) is 11.8 Å². The maximum Gasteiger partial charge on any atom is 0.325 e. The summed E-state index contributed by atoms with van der Waals surface area (Å²) in [6, 6.07) is 7.52. The minimum atomic E-state index is -1.75. The number of pyridine rings is 1. The van der Waals surface area contributed by atoms with E-state index in [1.54, 1.807) is 6.92 Å². The molecule has 2 fully saturated rings. The number of aromatic nitrogens is 1. The predicted molar refractivity (Wildman–Crippen MR) is 183 cm³/mol. The second kappa shape index (κ2) is 16.9. The second-order valence-corrected chi connectivity index (χ2v) is 14.6. The quantitative estimate of drug-likeness (QED) is 0.200. The number of nitrogens with zero attached hydrogens (tertiary/aromatic N) is 2. The van der Waals surface area contributed by atoms with Gasteiger partial charge in [-0.1, -0.05) is 85.9 Å². The third-order valence-corrected chi connectivity index (χ3v) is 8.38. The van der Waals surface area contributed by atoms with Crippen LogP contribution >= 0.6 is 34.8 Å². The van der Waals surface area contributed by atoms with E-state index in [0.29, 0.717) is 32.2 Å². The number of hydrogen-bond acceptors (Lipinski definition) is 8. The Kier molecular flexibility index (Phi) is 13.9. The van der Waals surface area contributed by atoms with Crippen LogP contribution in [0.5, 0.6) is 0 Å². The standard InChI is InChI=1S/C32H40Cl3N5O5.CH4O/c1-5-23-11-10-22-9-8-21(17-25(22)37-23)12-13-31(14-15-31)30(44)38-26(19(2)3)27(41)36-20(4)28(42)40-16-6-7-24(39-40)29(43)45-18-32(33,34)35;1-2/h8-13,17,19-20,24,26,39H,5-7,14-16,18H2,1-4H3,(H,36,41)(H,38,44);2H,1H3/b13-12+;. The topological polar surface area (TPSA) is 150 Å². The van der Waals surface area contributed by atoms with Gasteiger partial charge in [-0.2, -0.15) is 0 Å². The van der Waals surface area contributed by atoms with Crippen LogP contribution in [0.3, 0.4) is 0 Å². The Hall–Kier alpha value is -2.96. The molecule has 14 heteroatoms. The molecular formula is C33H44Cl3N5O6. The number of aryl methyl sites for hydroxylation is 1. The van der Waals surface area contributed by atoms with Gasteiger partial charge in [0.2, 0.25) is 15.6 Å². The van der Waals surface area contributed by atoms with Gasteiger partial charge in [-0.25, -0.2) is 5.43 Å². The normalized spacial score (nSPS) is 18.6. The van der Waals surface area contributed by atoms with Gasteiger partial charge < -0.3 is 20.5 Å². The molecule has 1 aliphatic heterocycles. The van der Waals surface area contributed by atoms with E-state index in [1.807, 2.05) is 50.3 Å². The van der Waals surface area contributed by atoms with Crippen molar-refractivity contribution in [2.75, 3.05) is 20.3 Å². The van der Waals surface area contributed by atoms with Crippen LogP contribution in [0.1, 0.15) is 64.6 Å². The van der Waals surface area contributed by atoms with Crippen molar-refractivity contribution in [2.45, 2.75) is 81.7 Å². The number of carbonyl (C=O) groups is 4. The molecule has 11 nitrogen and oxygen atoms in total. The number of hydrogen-bond donors (Lipinski definition) is 4. The highest BCUT2D eigenvalue weighted by atomic mass is 35.6. The molecule has 1 aromatic carbocycles. The lowest BCUT2D eigenvalue weighted by Gasteiger charge is -2.34. The minimum absolute atomic E-state index is 0.229. The van der Waals surface area contributed by atoms with Crippen molar-refractivity contribution in [1.29, 1.82) is 0 Å². The zero-order valence-corrected chi connectivity index (χ0v) is 29.6. The molecule has 3 amide bonds. The number of fused-ring (bicyclic) bond motifs is 1. The fourth-order valence-electron chi connectivity index (χ4n) is 5.12. The molecule has 0 bridgehead atoms. The van der Waals surface area contributed by atoms with Crippen LogP contribution in [0, 0.1) is 11.3 Å². The highest BCUT2D eigenvalue weighted by Crippen LogP contribution is 2.48. The number of aliphatic hydroxyl groups is 1. The number of aliphatic hydroxyl groups excluding tert-OH is 1. The molecule has 2 aromatic rings. The molecule has 4 N–H and O–H groups in total. The zero-order valence-electron chi connectivity index (χ0n) is 27.3. The van der Waals surface area contributed by atoms with E-state index < -0.39 is 51.7 Å². The lowest BCUT2D eigenvalue weighted by Crippen LogP contribution is -2.61. The number of ether oxygens (including phenoxy) is 1. The van der Waals surface area contributed by atoms with E-state index in [1.165, 1.54) is 5.01 Å². The Bertz CT molecular complexity index is 1460. The Morgan fingerprint density at radius 1 is 1.13 bits per heavy atom. The third-order valence-electron chi connectivity index (χ3n) is 8.05. The number of rotatable bonds is 11. The van der Waals surface area contributed by atoms with E-state index in [9.17, 15) is 19.2 Å². The van der Waals surface area contributed by atoms with Crippen LogP contribution in [-0.4, -0.2) is 81.0 Å². The van der Waals surface area contributed by atoms with Crippen LogP contribution in [0.4, 0.5) is 0 Å². The molecule has 0 spiro atoms. The van der Waals surface area contributed by atoms with E-state index in [0.717, 1.165) is 35.7 Å². The van der Waals surface area contributed by atoms with E-state index in [4.69, 9.17) is 49.6 Å². The van der Waals surface area contributed by atoms with Crippen LogP contribution in [0.15, 0.2) is 36.4 Å². The van der Waals surface area contributed by atoms with Gasteiger partial charge in [0.05, 0.1) is 10.9 Å². The molecular weight excluding hydrogens is 669 g/mol. The SMILES string of the molecule is CCc1ccc2ccc(/C=C/C3(C(=O)NC(C(=O)NC(C)C(=O)N4CCCC(C(=O)OCC(Cl)(Cl)Cl)N4)C(C)C)CC3)cc2n1.CO. The number of hydrazine groups is 1.